The smallest absolute Gasteiger partial charge is 0.123 e. The van der Waals surface area contributed by atoms with E-state index in [1.165, 1.54) is 12.1 Å². The number of rotatable bonds is 4. The quantitative estimate of drug-likeness (QED) is 0.854. The van der Waals surface area contributed by atoms with Gasteiger partial charge in [-0.25, -0.2) is 0 Å². The molecule has 2 saturated heterocycles. The summed E-state index contributed by atoms with van der Waals surface area (Å²) >= 11 is 0. The molecule has 1 unspecified atom stereocenters. The molecule has 0 aromatic heterocycles. The fourth-order valence-electron chi connectivity index (χ4n) is 3.26. The molecule has 2 heterocycles. The van der Waals surface area contributed by atoms with E-state index >= 15 is 0 Å². The molecule has 2 N–H and O–H groups in total. The van der Waals surface area contributed by atoms with Gasteiger partial charge in [-0.15, -0.1) is 0 Å². The topological polar surface area (TPSA) is 51.0 Å². The molecule has 1 aromatic carbocycles. The molecular weight excluding hydrogens is 266 g/mol. The number of hydrogen-bond acceptors (Lipinski definition) is 5. The predicted molar refractivity (Wildman–Crippen MR) is 85.0 cm³/mol. The van der Waals surface area contributed by atoms with Gasteiger partial charge in [0.1, 0.15) is 5.75 Å². The number of morpholine rings is 1. The van der Waals surface area contributed by atoms with Crippen LogP contribution in [0, 0.1) is 0 Å². The molecule has 3 rings (SSSR count). The Balaban J connectivity index is 1.67. The Morgan fingerprint density at radius 2 is 2.05 bits per heavy atom. The minimum atomic E-state index is 0.630. The van der Waals surface area contributed by atoms with Gasteiger partial charge in [-0.3, -0.25) is 4.90 Å². The highest BCUT2D eigenvalue weighted by Gasteiger charge is 2.29. The number of hydrogen-bond donors (Lipinski definition) is 1. The lowest BCUT2D eigenvalue weighted by Gasteiger charge is -2.32. The number of benzene rings is 1. The highest BCUT2D eigenvalue weighted by Crippen LogP contribution is 2.29. The van der Waals surface area contributed by atoms with Crippen molar-refractivity contribution in [2.45, 2.75) is 19.4 Å². The third-order valence-electron chi connectivity index (χ3n) is 4.32. The van der Waals surface area contributed by atoms with E-state index in [1.54, 1.807) is 0 Å². The second kappa shape index (κ2) is 6.54. The molecule has 0 amide bonds. The van der Waals surface area contributed by atoms with E-state index in [4.69, 9.17) is 15.2 Å². The van der Waals surface area contributed by atoms with Gasteiger partial charge in [0, 0.05) is 55.7 Å². The summed E-state index contributed by atoms with van der Waals surface area (Å²) in [5.41, 5.74) is 7.95. The maximum atomic E-state index is 6.00. The molecule has 2 aliphatic heterocycles. The van der Waals surface area contributed by atoms with Crippen molar-refractivity contribution >= 4 is 11.4 Å². The van der Waals surface area contributed by atoms with Crippen LogP contribution in [0.5, 0.6) is 5.75 Å². The lowest BCUT2D eigenvalue weighted by molar-refractivity contribution is 0.0209. The Morgan fingerprint density at radius 3 is 2.81 bits per heavy atom. The van der Waals surface area contributed by atoms with Gasteiger partial charge in [0.2, 0.25) is 0 Å². The van der Waals surface area contributed by atoms with Crippen molar-refractivity contribution in [2.24, 2.45) is 0 Å². The van der Waals surface area contributed by atoms with Crippen LogP contribution >= 0.6 is 0 Å². The van der Waals surface area contributed by atoms with Crippen LogP contribution in [0.25, 0.3) is 0 Å². The summed E-state index contributed by atoms with van der Waals surface area (Å²) in [6.07, 6.45) is 1.21. The van der Waals surface area contributed by atoms with E-state index in [0.717, 1.165) is 50.8 Å². The fourth-order valence-corrected chi connectivity index (χ4v) is 3.26. The minimum Gasteiger partial charge on any atom is -0.494 e. The third-order valence-corrected chi connectivity index (χ3v) is 4.32. The van der Waals surface area contributed by atoms with E-state index in [2.05, 4.69) is 15.9 Å². The predicted octanol–water partition coefficient (Wildman–Crippen LogP) is 1.58. The van der Waals surface area contributed by atoms with Crippen LogP contribution in [0.15, 0.2) is 18.2 Å². The van der Waals surface area contributed by atoms with Crippen LogP contribution < -0.4 is 15.4 Å². The van der Waals surface area contributed by atoms with Gasteiger partial charge in [-0.1, -0.05) is 0 Å². The first kappa shape index (κ1) is 14.5. The normalized spacial score (nSPS) is 23.5. The van der Waals surface area contributed by atoms with E-state index in [-0.39, 0.29) is 0 Å². The number of anilines is 2. The molecular formula is C16H25N3O2. The van der Waals surface area contributed by atoms with Gasteiger partial charge < -0.3 is 20.1 Å². The van der Waals surface area contributed by atoms with Gasteiger partial charge in [0.25, 0.3) is 0 Å². The standard InChI is InChI=1S/C16H25N3O2/c1-2-21-16-10-13(17)9-15(11-16)19-4-3-14(12-19)18-5-7-20-8-6-18/h9-11,14H,2-8,12,17H2,1H3. The van der Waals surface area contributed by atoms with Crippen LogP contribution in [-0.4, -0.2) is 56.9 Å². The Labute approximate surface area is 126 Å². The molecule has 0 spiro atoms. The Hall–Kier alpha value is -1.46. The molecule has 1 atom stereocenters. The zero-order chi connectivity index (χ0) is 14.7. The monoisotopic (exact) mass is 291 g/mol. The van der Waals surface area contributed by atoms with Crippen molar-refractivity contribution in [3.05, 3.63) is 18.2 Å². The van der Waals surface area contributed by atoms with Crippen molar-refractivity contribution in [2.75, 3.05) is 56.6 Å². The van der Waals surface area contributed by atoms with Crippen LogP contribution in [-0.2, 0) is 4.74 Å². The van der Waals surface area contributed by atoms with Gasteiger partial charge >= 0.3 is 0 Å². The lowest BCUT2D eigenvalue weighted by atomic mass is 10.2. The number of nitrogens with two attached hydrogens (primary N) is 1. The van der Waals surface area contributed by atoms with Gasteiger partial charge in [0.15, 0.2) is 0 Å². The summed E-state index contributed by atoms with van der Waals surface area (Å²) < 4.78 is 11.0. The van der Waals surface area contributed by atoms with Crippen molar-refractivity contribution in [3.63, 3.8) is 0 Å². The molecule has 0 aliphatic carbocycles. The molecule has 0 bridgehead atoms. The van der Waals surface area contributed by atoms with Gasteiger partial charge in [-0.05, 0) is 19.4 Å². The van der Waals surface area contributed by atoms with E-state index in [1.807, 2.05) is 19.1 Å². The Kier molecular flexibility index (Phi) is 4.51. The third kappa shape index (κ3) is 3.41. The van der Waals surface area contributed by atoms with Crippen LogP contribution in [0.3, 0.4) is 0 Å². The SMILES string of the molecule is CCOc1cc(N)cc(N2CCC(N3CCOCC3)C2)c1. The largest absolute Gasteiger partial charge is 0.494 e. The fraction of sp³-hybridized carbons (Fsp3) is 0.625. The second-order valence-electron chi connectivity index (χ2n) is 5.73. The maximum absolute atomic E-state index is 6.00. The van der Waals surface area contributed by atoms with Crippen molar-refractivity contribution in [1.29, 1.82) is 0 Å². The molecule has 5 nitrogen and oxygen atoms in total. The first-order valence-electron chi connectivity index (χ1n) is 7.86. The molecule has 5 heteroatoms. The molecule has 116 valence electrons. The highest BCUT2D eigenvalue weighted by molar-refractivity contribution is 5.61. The highest BCUT2D eigenvalue weighted by atomic mass is 16.5. The average molecular weight is 291 g/mol. The summed E-state index contributed by atoms with van der Waals surface area (Å²) in [6, 6.07) is 6.67. The molecule has 2 aliphatic rings. The average Bonchev–Trinajstić information content (AvgIpc) is 2.98. The van der Waals surface area contributed by atoms with Crippen molar-refractivity contribution in [3.8, 4) is 5.75 Å². The van der Waals surface area contributed by atoms with Crippen LogP contribution in [0.1, 0.15) is 13.3 Å². The summed E-state index contributed by atoms with van der Waals surface area (Å²) in [5, 5.41) is 0. The molecule has 21 heavy (non-hydrogen) atoms. The summed E-state index contributed by atoms with van der Waals surface area (Å²) in [5.74, 6) is 0.863. The number of nitrogen functional groups attached to an aromatic ring is 1. The van der Waals surface area contributed by atoms with Crippen molar-refractivity contribution in [1.82, 2.24) is 4.90 Å². The minimum absolute atomic E-state index is 0.630. The first-order valence-corrected chi connectivity index (χ1v) is 7.86. The molecule has 1 aromatic rings. The van der Waals surface area contributed by atoms with Crippen molar-refractivity contribution < 1.29 is 9.47 Å². The zero-order valence-corrected chi connectivity index (χ0v) is 12.8. The lowest BCUT2D eigenvalue weighted by Crippen LogP contribution is -2.44. The molecule has 0 saturated carbocycles. The Morgan fingerprint density at radius 1 is 1.24 bits per heavy atom. The van der Waals surface area contributed by atoms with Gasteiger partial charge in [-0.2, -0.15) is 0 Å². The second-order valence-corrected chi connectivity index (χ2v) is 5.73. The summed E-state index contributed by atoms with van der Waals surface area (Å²) in [6.45, 7) is 8.64. The van der Waals surface area contributed by atoms with Crippen LogP contribution in [0.2, 0.25) is 0 Å². The van der Waals surface area contributed by atoms with E-state index < -0.39 is 0 Å². The van der Waals surface area contributed by atoms with Crippen LogP contribution in [0.4, 0.5) is 11.4 Å². The summed E-state index contributed by atoms with van der Waals surface area (Å²) in [7, 11) is 0. The number of nitrogens with zero attached hydrogens (tertiary/aromatic N) is 2. The van der Waals surface area contributed by atoms with Gasteiger partial charge in [0.05, 0.1) is 19.8 Å². The first-order chi connectivity index (χ1) is 10.3. The Bertz CT molecular complexity index is 475. The summed E-state index contributed by atoms with van der Waals surface area (Å²) in [4.78, 5) is 4.97. The maximum Gasteiger partial charge on any atom is 0.123 e. The van der Waals surface area contributed by atoms with E-state index in [9.17, 15) is 0 Å². The number of ether oxygens (including phenoxy) is 2. The van der Waals surface area contributed by atoms with E-state index in [0.29, 0.717) is 12.6 Å². The molecule has 2 fully saturated rings. The molecule has 0 radical (unpaired) electrons. The zero-order valence-electron chi connectivity index (χ0n) is 12.8.